The molecule has 0 unspecified atom stereocenters. The average Bonchev–Trinajstić information content (AvgIpc) is 2.28. The van der Waals surface area contributed by atoms with Gasteiger partial charge in [-0.15, -0.1) is 0 Å². The Morgan fingerprint density at radius 2 is 1.76 bits per heavy atom. The average molecular weight is 270 g/mol. The number of aromatic nitrogens is 2. The molecule has 4 nitrogen and oxygen atoms in total. The number of nitrogens with two attached hydrogens (primary N) is 1. The highest BCUT2D eigenvalue weighted by atomic mass is 35.5. The van der Waals surface area contributed by atoms with Crippen LogP contribution in [0, 0.1) is 6.92 Å². The second-order valence-corrected chi connectivity index (χ2v) is 4.13. The number of anilines is 1. The molecule has 88 valence electrons. The number of nitrogen functional groups attached to an aromatic ring is 1. The first kappa shape index (κ1) is 12.0. The zero-order chi connectivity index (χ0) is 12.4. The standard InChI is InChI=1S/C11H9Cl2N3O/c1-6-9(14)10(16-11(13)15-6)17-8-4-2-7(12)3-5-8/h2-5H,14H2,1H3. The van der Waals surface area contributed by atoms with Gasteiger partial charge >= 0.3 is 0 Å². The fourth-order valence-corrected chi connectivity index (χ4v) is 1.54. The van der Waals surface area contributed by atoms with Crippen LogP contribution >= 0.6 is 23.2 Å². The van der Waals surface area contributed by atoms with Crippen molar-refractivity contribution in [3.8, 4) is 11.6 Å². The predicted molar refractivity (Wildman–Crippen MR) is 67.7 cm³/mol. The molecule has 1 aromatic heterocycles. The maximum absolute atomic E-state index is 5.79. The maximum Gasteiger partial charge on any atom is 0.247 e. The van der Waals surface area contributed by atoms with Crippen LogP contribution in [0.2, 0.25) is 10.3 Å². The van der Waals surface area contributed by atoms with Gasteiger partial charge in [0, 0.05) is 5.02 Å². The van der Waals surface area contributed by atoms with Gasteiger partial charge in [0.1, 0.15) is 11.4 Å². The Labute approximate surface area is 108 Å². The molecule has 0 aliphatic heterocycles. The molecule has 1 heterocycles. The molecule has 0 atom stereocenters. The number of benzene rings is 1. The molecule has 0 fully saturated rings. The summed E-state index contributed by atoms with van der Waals surface area (Å²) in [5.74, 6) is 0.820. The molecule has 2 N–H and O–H groups in total. The minimum Gasteiger partial charge on any atom is -0.437 e. The fraction of sp³-hybridized carbons (Fsp3) is 0.0909. The second kappa shape index (κ2) is 4.77. The fourth-order valence-electron chi connectivity index (χ4n) is 1.21. The van der Waals surface area contributed by atoms with Crippen molar-refractivity contribution in [1.82, 2.24) is 9.97 Å². The lowest BCUT2D eigenvalue weighted by molar-refractivity contribution is 0.464. The zero-order valence-corrected chi connectivity index (χ0v) is 10.5. The van der Waals surface area contributed by atoms with E-state index in [0.717, 1.165) is 0 Å². The number of ether oxygens (including phenoxy) is 1. The van der Waals surface area contributed by atoms with Crippen molar-refractivity contribution in [3.05, 3.63) is 40.3 Å². The van der Waals surface area contributed by atoms with E-state index >= 15 is 0 Å². The quantitative estimate of drug-likeness (QED) is 0.849. The molecule has 0 aliphatic rings. The molecule has 0 bridgehead atoms. The molecular formula is C11H9Cl2N3O. The minimum absolute atomic E-state index is 0.0978. The van der Waals surface area contributed by atoms with E-state index < -0.39 is 0 Å². The largest absolute Gasteiger partial charge is 0.437 e. The lowest BCUT2D eigenvalue weighted by atomic mass is 10.3. The first-order chi connectivity index (χ1) is 8.06. The van der Waals surface area contributed by atoms with Crippen LogP contribution in [0.25, 0.3) is 0 Å². The minimum atomic E-state index is 0.0978. The zero-order valence-electron chi connectivity index (χ0n) is 8.95. The molecule has 6 heteroatoms. The molecule has 0 amide bonds. The van der Waals surface area contributed by atoms with Crippen LogP contribution < -0.4 is 10.5 Å². The van der Waals surface area contributed by atoms with Gasteiger partial charge in [0.05, 0.1) is 5.69 Å². The monoisotopic (exact) mass is 269 g/mol. The van der Waals surface area contributed by atoms with Gasteiger partial charge in [0.25, 0.3) is 0 Å². The van der Waals surface area contributed by atoms with Gasteiger partial charge < -0.3 is 10.5 Å². The van der Waals surface area contributed by atoms with Gasteiger partial charge in [-0.2, -0.15) is 4.98 Å². The number of halogens is 2. The van der Waals surface area contributed by atoms with Gasteiger partial charge in [-0.1, -0.05) is 11.6 Å². The summed E-state index contributed by atoms with van der Waals surface area (Å²) in [7, 11) is 0. The molecule has 2 rings (SSSR count). The number of aryl methyl sites for hydroxylation is 1. The molecule has 17 heavy (non-hydrogen) atoms. The normalized spacial score (nSPS) is 10.3. The van der Waals surface area contributed by atoms with Crippen LogP contribution in [0.1, 0.15) is 5.69 Å². The molecule has 0 aliphatic carbocycles. The summed E-state index contributed by atoms with van der Waals surface area (Å²) >= 11 is 11.5. The van der Waals surface area contributed by atoms with Gasteiger partial charge in [-0.25, -0.2) is 4.98 Å². The van der Waals surface area contributed by atoms with Crippen LogP contribution in [0.5, 0.6) is 11.6 Å². The molecule has 0 spiro atoms. The van der Waals surface area contributed by atoms with Gasteiger partial charge in [0.2, 0.25) is 11.2 Å². The van der Waals surface area contributed by atoms with E-state index in [2.05, 4.69) is 9.97 Å². The Morgan fingerprint density at radius 3 is 2.41 bits per heavy atom. The molecule has 0 saturated heterocycles. The van der Waals surface area contributed by atoms with E-state index in [0.29, 0.717) is 22.2 Å². The predicted octanol–water partition coefficient (Wildman–Crippen LogP) is 3.47. The summed E-state index contributed by atoms with van der Waals surface area (Å²) in [5.41, 5.74) is 6.74. The van der Waals surface area contributed by atoms with E-state index in [4.69, 9.17) is 33.7 Å². The van der Waals surface area contributed by atoms with Crippen LogP contribution in [0.15, 0.2) is 24.3 Å². The molecule has 0 radical (unpaired) electrons. The summed E-state index contributed by atoms with van der Waals surface area (Å²) in [6.45, 7) is 1.73. The molecular weight excluding hydrogens is 261 g/mol. The van der Waals surface area contributed by atoms with Gasteiger partial charge in [-0.3, -0.25) is 0 Å². The van der Waals surface area contributed by atoms with E-state index in [9.17, 15) is 0 Å². The SMILES string of the molecule is Cc1nc(Cl)nc(Oc2ccc(Cl)cc2)c1N. The highest BCUT2D eigenvalue weighted by Crippen LogP contribution is 2.28. The maximum atomic E-state index is 5.79. The number of hydrogen-bond donors (Lipinski definition) is 1. The van der Waals surface area contributed by atoms with E-state index in [1.165, 1.54) is 0 Å². The van der Waals surface area contributed by atoms with Crippen molar-refractivity contribution in [1.29, 1.82) is 0 Å². The van der Waals surface area contributed by atoms with Crippen molar-refractivity contribution in [2.24, 2.45) is 0 Å². The smallest absolute Gasteiger partial charge is 0.247 e. The van der Waals surface area contributed by atoms with E-state index in [1.54, 1.807) is 31.2 Å². The number of rotatable bonds is 2. The van der Waals surface area contributed by atoms with Crippen LogP contribution in [0.3, 0.4) is 0 Å². The number of hydrogen-bond acceptors (Lipinski definition) is 4. The lowest BCUT2D eigenvalue weighted by Crippen LogP contribution is -2.00. The first-order valence-corrected chi connectivity index (χ1v) is 5.55. The Bertz CT molecular complexity index is 543. The van der Waals surface area contributed by atoms with Crippen molar-refractivity contribution >= 4 is 28.9 Å². The third-order valence-corrected chi connectivity index (χ3v) is 2.52. The summed E-state index contributed by atoms with van der Waals surface area (Å²) in [6, 6.07) is 6.85. The third kappa shape index (κ3) is 2.78. The first-order valence-electron chi connectivity index (χ1n) is 4.79. The summed E-state index contributed by atoms with van der Waals surface area (Å²) in [5, 5.41) is 0.725. The Kier molecular flexibility index (Phi) is 3.36. The highest BCUT2D eigenvalue weighted by Gasteiger charge is 2.09. The van der Waals surface area contributed by atoms with Crippen molar-refractivity contribution in [2.75, 3.05) is 5.73 Å². The van der Waals surface area contributed by atoms with Crippen LogP contribution in [-0.4, -0.2) is 9.97 Å². The topological polar surface area (TPSA) is 61.0 Å². The molecule has 0 saturated carbocycles. The molecule has 1 aromatic carbocycles. The second-order valence-electron chi connectivity index (χ2n) is 3.35. The Hall–Kier alpha value is -1.52. The lowest BCUT2D eigenvalue weighted by Gasteiger charge is -2.08. The van der Waals surface area contributed by atoms with Crippen LogP contribution in [0.4, 0.5) is 5.69 Å². The summed E-state index contributed by atoms with van der Waals surface area (Å²) < 4.78 is 5.51. The summed E-state index contributed by atoms with van der Waals surface area (Å²) in [4.78, 5) is 7.84. The van der Waals surface area contributed by atoms with Crippen molar-refractivity contribution < 1.29 is 4.74 Å². The van der Waals surface area contributed by atoms with Crippen LogP contribution in [-0.2, 0) is 0 Å². The van der Waals surface area contributed by atoms with Crippen molar-refractivity contribution in [2.45, 2.75) is 6.92 Å². The van der Waals surface area contributed by atoms with Gasteiger partial charge in [0.15, 0.2) is 0 Å². The van der Waals surface area contributed by atoms with Crippen molar-refractivity contribution in [3.63, 3.8) is 0 Å². The Morgan fingerprint density at radius 1 is 1.12 bits per heavy atom. The van der Waals surface area contributed by atoms with E-state index in [-0.39, 0.29) is 11.2 Å². The number of nitrogens with zero attached hydrogens (tertiary/aromatic N) is 2. The highest BCUT2D eigenvalue weighted by molar-refractivity contribution is 6.30. The van der Waals surface area contributed by atoms with Gasteiger partial charge in [-0.05, 0) is 42.8 Å². The third-order valence-electron chi connectivity index (χ3n) is 2.10. The summed E-state index contributed by atoms with van der Waals surface area (Å²) in [6.07, 6.45) is 0. The Balaban J connectivity index is 2.32. The van der Waals surface area contributed by atoms with E-state index in [1.807, 2.05) is 0 Å². The molecule has 2 aromatic rings.